The lowest BCUT2D eigenvalue weighted by Crippen LogP contribution is -2.39. The molecule has 19 heavy (non-hydrogen) atoms. The maximum atomic E-state index is 9.98. The molecule has 0 unspecified atom stereocenters. The van der Waals surface area contributed by atoms with E-state index in [2.05, 4.69) is 34.0 Å². The van der Waals surface area contributed by atoms with E-state index in [9.17, 15) is 5.11 Å². The minimum absolute atomic E-state index is 0.551. The van der Waals surface area contributed by atoms with Crippen LogP contribution < -0.4 is 10.2 Å². The summed E-state index contributed by atoms with van der Waals surface area (Å²) >= 11 is 0. The standard InChI is InChI=1S/C14H26N4O/c1-6-8-11-16-12(15-5)9-13(17-11)18(7-2)10-14(3,4)19/h9,19H,6-8,10H2,1-5H3,(H,15,16,17). The molecule has 1 aromatic rings. The summed E-state index contributed by atoms with van der Waals surface area (Å²) < 4.78 is 0. The maximum absolute atomic E-state index is 9.98. The van der Waals surface area contributed by atoms with Gasteiger partial charge in [-0.05, 0) is 27.2 Å². The van der Waals surface area contributed by atoms with E-state index in [1.165, 1.54) is 0 Å². The van der Waals surface area contributed by atoms with Crippen molar-refractivity contribution in [2.75, 3.05) is 30.4 Å². The van der Waals surface area contributed by atoms with Gasteiger partial charge >= 0.3 is 0 Å². The van der Waals surface area contributed by atoms with Crippen molar-refractivity contribution < 1.29 is 5.11 Å². The summed E-state index contributed by atoms with van der Waals surface area (Å²) in [5.74, 6) is 2.54. The van der Waals surface area contributed by atoms with Crippen LogP contribution in [0.4, 0.5) is 11.6 Å². The lowest BCUT2D eigenvalue weighted by molar-refractivity contribution is 0.0874. The van der Waals surface area contributed by atoms with Gasteiger partial charge in [0, 0.05) is 32.6 Å². The number of nitrogens with one attached hydrogen (secondary N) is 1. The molecular formula is C14H26N4O. The number of rotatable bonds is 7. The van der Waals surface area contributed by atoms with Gasteiger partial charge in [-0.2, -0.15) is 0 Å². The Kier molecular flexibility index (Phi) is 5.54. The molecule has 1 heterocycles. The highest BCUT2D eigenvalue weighted by atomic mass is 16.3. The zero-order valence-corrected chi connectivity index (χ0v) is 12.7. The number of aryl methyl sites for hydroxylation is 1. The lowest BCUT2D eigenvalue weighted by atomic mass is 10.1. The van der Waals surface area contributed by atoms with Crippen LogP contribution in [0.1, 0.15) is 39.9 Å². The van der Waals surface area contributed by atoms with Gasteiger partial charge in [-0.15, -0.1) is 0 Å². The largest absolute Gasteiger partial charge is 0.389 e. The molecule has 1 rings (SSSR count). The quantitative estimate of drug-likeness (QED) is 0.791. The maximum Gasteiger partial charge on any atom is 0.134 e. The van der Waals surface area contributed by atoms with Gasteiger partial charge in [-0.1, -0.05) is 6.92 Å². The second-order valence-corrected chi connectivity index (χ2v) is 5.35. The number of aromatic nitrogens is 2. The lowest BCUT2D eigenvalue weighted by Gasteiger charge is -2.29. The van der Waals surface area contributed by atoms with E-state index < -0.39 is 5.60 Å². The minimum Gasteiger partial charge on any atom is -0.389 e. The second-order valence-electron chi connectivity index (χ2n) is 5.35. The second kappa shape index (κ2) is 6.70. The van der Waals surface area contributed by atoms with E-state index >= 15 is 0 Å². The Labute approximate surface area is 116 Å². The van der Waals surface area contributed by atoms with Crippen LogP contribution in [0.5, 0.6) is 0 Å². The fourth-order valence-electron chi connectivity index (χ4n) is 1.93. The van der Waals surface area contributed by atoms with Crippen molar-refractivity contribution in [3.63, 3.8) is 0 Å². The predicted molar refractivity (Wildman–Crippen MR) is 79.8 cm³/mol. The van der Waals surface area contributed by atoms with Crippen molar-refractivity contribution in [2.24, 2.45) is 0 Å². The summed E-state index contributed by atoms with van der Waals surface area (Å²) in [5.41, 5.74) is -0.744. The highest BCUT2D eigenvalue weighted by molar-refractivity contribution is 5.49. The van der Waals surface area contributed by atoms with Crippen molar-refractivity contribution in [2.45, 2.75) is 46.1 Å². The molecule has 2 N–H and O–H groups in total. The molecule has 0 aliphatic rings. The van der Waals surface area contributed by atoms with Crippen molar-refractivity contribution in [3.05, 3.63) is 11.9 Å². The van der Waals surface area contributed by atoms with E-state index in [4.69, 9.17) is 0 Å². The third-order valence-electron chi connectivity index (χ3n) is 2.77. The number of anilines is 2. The Bertz CT molecular complexity index is 401. The molecule has 1 aromatic heterocycles. The first-order valence-electron chi connectivity index (χ1n) is 6.92. The molecule has 0 atom stereocenters. The molecule has 108 valence electrons. The summed E-state index contributed by atoms with van der Waals surface area (Å²) in [6.45, 7) is 9.15. The number of aliphatic hydroxyl groups is 1. The number of nitrogens with zero attached hydrogens (tertiary/aromatic N) is 3. The first kappa shape index (κ1) is 15.7. The topological polar surface area (TPSA) is 61.3 Å². The van der Waals surface area contributed by atoms with Crippen LogP contribution in [0, 0.1) is 0 Å². The molecular weight excluding hydrogens is 240 g/mol. The summed E-state index contributed by atoms with van der Waals surface area (Å²) in [7, 11) is 1.86. The predicted octanol–water partition coefficient (Wildman–Crippen LogP) is 2.07. The highest BCUT2D eigenvalue weighted by Crippen LogP contribution is 2.18. The van der Waals surface area contributed by atoms with Crippen LogP contribution in [0.2, 0.25) is 0 Å². The van der Waals surface area contributed by atoms with Crippen LogP contribution in [-0.4, -0.2) is 40.8 Å². The smallest absolute Gasteiger partial charge is 0.134 e. The van der Waals surface area contributed by atoms with E-state index in [-0.39, 0.29) is 0 Å². The van der Waals surface area contributed by atoms with E-state index in [1.807, 2.05) is 27.0 Å². The molecule has 0 amide bonds. The van der Waals surface area contributed by atoms with Crippen molar-refractivity contribution >= 4 is 11.6 Å². The normalized spacial score (nSPS) is 11.5. The SMILES string of the molecule is CCCc1nc(NC)cc(N(CC)CC(C)(C)O)n1. The summed E-state index contributed by atoms with van der Waals surface area (Å²) in [6, 6.07) is 1.92. The molecule has 0 aliphatic carbocycles. The van der Waals surface area contributed by atoms with Gasteiger partial charge in [0.2, 0.25) is 0 Å². The van der Waals surface area contributed by atoms with E-state index in [0.29, 0.717) is 6.54 Å². The molecule has 0 radical (unpaired) electrons. The van der Waals surface area contributed by atoms with Crippen LogP contribution >= 0.6 is 0 Å². The van der Waals surface area contributed by atoms with Gasteiger partial charge in [0.25, 0.3) is 0 Å². The molecule has 5 heteroatoms. The van der Waals surface area contributed by atoms with Crippen LogP contribution in [0.25, 0.3) is 0 Å². The van der Waals surface area contributed by atoms with Crippen LogP contribution in [-0.2, 0) is 6.42 Å². The number of hydrogen-bond donors (Lipinski definition) is 2. The van der Waals surface area contributed by atoms with Gasteiger partial charge in [0.05, 0.1) is 5.60 Å². The Morgan fingerprint density at radius 2 is 2.00 bits per heavy atom. The Balaban J connectivity index is 3.04. The average Bonchev–Trinajstić information content (AvgIpc) is 2.34. The van der Waals surface area contributed by atoms with Gasteiger partial charge in [0.15, 0.2) is 0 Å². The zero-order chi connectivity index (χ0) is 14.5. The third-order valence-corrected chi connectivity index (χ3v) is 2.77. The van der Waals surface area contributed by atoms with Crippen LogP contribution in [0.15, 0.2) is 6.07 Å². The fourth-order valence-corrected chi connectivity index (χ4v) is 1.93. The molecule has 0 saturated heterocycles. The van der Waals surface area contributed by atoms with Crippen molar-refractivity contribution in [3.8, 4) is 0 Å². The highest BCUT2D eigenvalue weighted by Gasteiger charge is 2.19. The van der Waals surface area contributed by atoms with Gasteiger partial charge in [0.1, 0.15) is 17.5 Å². The Morgan fingerprint density at radius 1 is 1.32 bits per heavy atom. The summed E-state index contributed by atoms with van der Waals surface area (Å²) in [5, 5.41) is 13.0. The van der Waals surface area contributed by atoms with Crippen LogP contribution in [0.3, 0.4) is 0 Å². The van der Waals surface area contributed by atoms with Gasteiger partial charge in [-0.25, -0.2) is 9.97 Å². The van der Waals surface area contributed by atoms with Gasteiger partial charge < -0.3 is 15.3 Å². The molecule has 0 aromatic carbocycles. The zero-order valence-electron chi connectivity index (χ0n) is 12.7. The van der Waals surface area contributed by atoms with Crippen molar-refractivity contribution in [1.29, 1.82) is 0 Å². The third kappa shape index (κ3) is 5.03. The Morgan fingerprint density at radius 3 is 2.47 bits per heavy atom. The first-order chi connectivity index (χ1) is 8.89. The molecule has 5 nitrogen and oxygen atoms in total. The minimum atomic E-state index is -0.744. The van der Waals surface area contributed by atoms with Gasteiger partial charge in [-0.3, -0.25) is 0 Å². The molecule has 0 bridgehead atoms. The molecule has 0 aliphatic heterocycles. The number of likely N-dealkylation sites (N-methyl/N-ethyl adjacent to an activating group) is 1. The average molecular weight is 266 g/mol. The summed E-state index contributed by atoms with van der Waals surface area (Å²) in [4.78, 5) is 11.1. The Hall–Kier alpha value is -1.36. The monoisotopic (exact) mass is 266 g/mol. The van der Waals surface area contributed by atoms with E-state index in [1.54, 1.807) is 0 Å². The molecule has 0 fully saturated rings. The van der Waals surface area contributed by atoms with E-state index in [0.717, 1.165) is 36.8 Å². The molecule has 0 spiro atoms. The van der Waals surface area contributed by atoms with Crippen molar-refractivity contribution in [1.82, 2.24) is 9.97 Å². The first-order valence-corrected chi connectivity index (χ1v) is 6.92. The number of hydrogen-bond acceptors (Lipinski definition) is 5. The molecule has 0 saturated carbocycles. The summed E-state index contributed by atoms with van der Waals surface area (Å²) in [6.07, 6.45) is 1.88. The fraction of sp³-hybridized carbons (Fsp3) is 0.714.